The SMILES string of the molecule is CCCC1NSc2cnccc2N1. The van der Waals surface area contributed by atoms with E-state index in [4.69, 9.17) is 0 Å². The maximum absolute atomic E-state index is 4.07. The summed E-state index contributed by atoms with van der Waals surface area (Å²) in [4.78, 5) is 5.24. The van der Waals surface area contributed by atoms with Gasteiger partial charge in [-0.1, -0.05) is 13.3 Å². The van der Waals surface area contributed by atoms with E-state index in [2.05, 4.69) is 21.9 Å². The molecule has 0 aromatic carbocycles. The van der Waals surface area contributed by atoms with E-state index in [0.717, 1.165) is 6.42 Å². The molecule has 1 atom stereocenters. The molecule has 1 unspecified atom stereocenters. The van der Waals surface area contributed by atoms with Gasteiger partial charge in [0.1, 0.15) is 0 Å². The van der Waals surface area contributed by atoms with Crippen LogP contribution >= 0.6 is 11.9 Å². The van der Waals surface area contributed by atoms with E-state index in [1.165, 1.54) is 17.0 Å². The predicted molar refractivity (Wildman–Crippen MR) is 55.5 cm³/mol. The highest BCUT2D eigenvalue weighted by atomic mass is 32.2. The average molecular weight is 195 g/mol. The van der Waals surface area contributed by atoms with E-state index in [1.54, 1.807) is 11.9 Å². The lowest BCUT2D eigenvalue weighted by atomic mass is 10.2. The minimum atomic E-state index is 0.393. The van der Waals surface area contributed by atoms with Crippen LogP contribution in [0.3, 0.4) is 0 Å². The minimum absolute atomic E-state index is 0.393. The Labute approximate surface area is 82.5 Å². The number of aromatic nitrogens is 1. The van der Waals surface area contributed by atoms with E-state index in [9.17, 15) is 0 Å². The number of nitrogens with one attached hydrogen (secondary N) is 2. The Morgan fingerprint density at radius 1 is 1.62 bits per heavy atom. The number of rotatable bonds is 2. The quantitative estimate of drug-likeness (QED) is 0.710. The Balaban J connectivity index is 2.11. The molecule has 4 heteroatoms. The first-order valence-electron chi connectivity index (χ1n) is 4.53. The lowest BCUT2D eigenvalue weighted by Gasteiger charge is -2.26. The van der Waals surface area contributed by atoms with Crippen LogP contribution in [0.25, 0.3) is 0 Å². The summed E-state index contributed by atoms with van der Waals surface area (Å²) in [6, 6.07) is 2.02. The summed E-state index contributed by atoms with van der Waals surface area (Å²) in [5.41, 5.74) is 1.19. The van der Waals surface area contributed by atoms with Gasteiger partial charge in [0.2, 0.25) is 0 Å². The van der Waals surface area contributed by atoms with Gasteiger partial charge in [0.25, 0.3) is 0 Å². The molecule has 0 radical (unpaired) electrons. The summed E-state index contributed by atoms with van der Waals surface area (Å²) >= 11 is 1.66. The summed E-state index contributed by atoms with van der Waals surface area (Å²) in [5.74, 6) is 0. The highest BCUT2D eigenvalue weighted by molar-refractivity contribution is 7.97. The number of pyridine rings is 1. The van der Waals surface area contributed by atoms with Crippen molar-refractivity contribution in [2.24, 2.45) is 0 Å². The molecule has 2 N–H and O–H groups in total. The second kappa shape index (κ2) is 3.98. The highest BCUT2D eigenvalue weighted by Crippen LogP contribution is 2.29. The topological polar surface area (TPSA) is 37.0 Å². The smallest absolute Gasteiger partial charge is 0.0862 e. The molecule has 2 rings (SSSR count). The summed E-state index contributed by atoms with van der Waals surface area (Å²) in [6.45, 7) is 2.19. The fraction of sp³-hybridized carbons (Fsp3) is 0.444. The van der Waals surface area contributed by atoms with E-state index in [-0.39, 0.29) is 0 Å². The van der Waals surface area contributed by atoms with Crippen LogP contribution in [-0.2, 0) is 0 Å². The van der Waals surface area contributed by atoms with Crippen LogP contribution in [0.15, 0.2) is 23.4 Å². The molecule has 1 aromatic heterocycles. The van der Waals surface area contributed by atoms with Gasteiger partial charge in [-0.25, -0.2) is 4.72 Å². The lowest BCUT2D eigenvalue weighted by molar-refractivity contribution is 0.622. The molecule has 0 spiro atoms. The van der Waals surface area contributed by atoms with Crippen molar-refractivity contribution in [2.45, 2.75) is 30.8 Å². The highest BCUT2D eigenvalue weighted by Gasteiger charge is 2.15. The first-order valence-corrected chi connectivity index (χ1v) is 5.34. The Bertz CT molecular complexity index is 290. The molecule has 1 aromatic rings. The summed E-state index contributed by atoms with van der Waals surface area (Å²) < 4.78 is 3.34. The Morgan fingerprint density at radius 2 is 2.54 bits per heavy atom. The van der Waals surface area contributed by atoms with E-state index in [1.807, 2.05) is 18.5 Å². The third kappa shape index (κ3) is 1.95. The first kappa shape index (κ1) is 8.84. The van der Waals surface area contributed by atoms with Crippen LogP contribution in [0.1, 0.15) is 19.8 Å². The van der Waals surface area contributed by atoms with Gasteiger partial charge in [0, 0.05) is 12.4 Å². The van der Waals surface area contributed by atoms with Gasteiger partial charge >= 0.3 is 0 Å². The minimum Gasteiger partial charge on any atom is -0.368 e. The normalized spacial score (nSPS) is 20.5. The number of hydrogen-bond acceptors (Lipinski definition) is 4. The standard InChI is InChI=1S/C9H13N3S/c1-2-3-9-11-7-4-5-10-6-8(7)13-12-9/h4-6,9,11-12H,2-3H2,1H3. The van der Waals surface area contributed by atoms with Crippen LogP contribution in [-0.4, -0.2) is 11.1 Å². The Kier molecular flexibility index (Phi) is 2.71. The molecule has 0 amide bonds. The van der Waals surface area contributed by atoms with Crippen LogP contribution in [0, 0.1) is 0 Å². The molecule has 1 aliphatic rings. The first-order chi connectivity index (χ1) is 6.40. The van der Waals surface area contributed by atoms with Crippen LogP contribution in [0.5, 0.6) is 0 Å². The van der Waals surface area contributed by atoms with Crippen molar-refractivity contribution in [1.82, 2.24) is 9.71 Å². The van der Waals surface area contributed by atoms with Gasteiger partial charge in [-0.3, -0.25) is 4.98 Å². The van der Waals surface area contributed by atoms with Crippen molar-refractivity contribution in [3.63, 3.8) is 0 Å². The molecule has 0 bridgehead atoms. The van der Waals surface area contributed by atoms with E-state index >= 15 is 0 Å². The maximum Gasteiger partial charge on any atom is 0.0862 e. The van der Waals surface area contributed by atoms with E-state index < -0.39 is 0 Å². The zero-order valence-electron chi connectivity index (χ0n) is 7.58. The van der Waals surface area contributed by atoms with Crippen molar-refractivity contribution >= 4 is 17.6 Å². The van der Waals surface area contributed by atoms with Crippen LogP contribution < -0.4 is 10.0 Å². The third-order valence-corrected chi connectivity index (χ3v) is 2.95. The number of nitrogens with zero attached hydrogens (tertiary/aromatic N) is 1. The van der Waals surface area contributed by atoms with Gasteiger partial charge in [0.15, 0.2) is 0 Å². The summed E-state index contributed by atoms with van der Waals surface area (Å²) in [7, 11) is 0. The van der Waals surface area contributed by atoms with Crippen LogP contribution in [0.2, 0.25) is 0 Å². The lowest BCUT2D eigenvalue weighted by Crippen LogP contribution is -2.34. The predicted octanol–water partition coefficient (Wildman–Crippen LogP) is 2.23. The molecule has 0 fully saturated rings. The maximum atomic E-state index is 4.07. The largest absolute Gasteiger partial charge is 0.368 e. The monoisotopic (exact) mass is 195 g/mol. The molecule has 0 aliphatic carbocycles. The molecule has 0 saturated heterocycles. The Hall–Kier alpha value is -0.740. The molecule has 70 valence electrons. The molecule has 13 heavy (non-hydrogen) atoms. The molecule has 1 aliphatic heterocycles. The average Bonchev–Trinajstić information content (AvgIpc) is 2.18. The molecule has 0 saturated carbocycles. The van der Waals surface area contributed by atoms with Crippen molar-refractivity contribution in [3.8, 4) is 0 Å². The van der Waals surface area contributed by atoms with Gasteiger partial charge in [-0.15, -0.1) is 0 Å². The zero-order valence-corrected chi connectivity index (χ0v) is 8.40. The van der Waals surface area contributed by atoms with E-state index in [0.29, 0.717) is 6.17 Å². The molecule has 2 heterocycles. The fourth-order valence-electron chi connectivity index (χ4n) is 1.35. The summed E-state index contributed by atoms with van der Waals surface area (Å²) in [6.07, 6.45) is 6.42. The second-order valence-corrected chi connectivity index (χ2v) is 3.96. The van der Waals surface area contributed by atoms with Gasteiger partial charge in [-0.2, -0.15) is 0 Å². The third-order valence-electron chi connectivity index (χ3n) is 2.00. The summed E-state index contributed by atoms with van der Waals surface area (Å²) in [5, 5.41) is 3.43. The fourth-order valence-corrected chi connectivity index (χ4v) is 2.15. The van der Waals surface area contributed by atoms with Crippen molar-refractivity contribution in [3.05, 3.63) is 18.5 Å². The van der Waals surface area contributed by atoms with Crippen LogP contribution in [0.4, 0.5) is 5.69 Å². The zero-order chi connectivity index (χ0) is 9.10. The Morgan fingerprint density at radius 3 is 3.38 bits per heavy atom. The number of fused-ring (bicyclic) bond motifs is 1. The van der Waals surface area contributed by atoms with Gasteiger partial charge in [0.05, 0.1) is 16.7 Å². The van der Waals surface area contributed by atoms with Gasteiger partial charge < -0.3 is 5.32 Å². The van der Waals surface area contributed by atoms with Crippen molar-refractivity contribution in [1.29, 1.82) is 0 Å². The molecular formula is C9H13N3S. The van der Waals surface area contributed by atoms with Crippen molar-refractivity contribution in [2.75, 3.05) is 5.32 Å². The van der Waals surface area contributed by atoms with Crippen molar-refractivity contribution < 1.29 is 0 Å². The number of hydrogen-bond donors (Lipinski definition) is 2. The molecular weight excluding hydrogens is 182 g/mol. The molecule has 3 nitrogen and oxygen atoms in total. The van der Waals surface area contributed by atoms with Gasteiger partial charge in [-0.05, 0) is 24.4 Å². The second-order valence-electron chi connectivity index (χ2n) is 3.08. The number of anilines is 1.